The Morgan fingerprint density at radius 3 is 2.67 bits per heavy atom. The molecule has 0 aliphatic carbocycles. The van der Waals surface area contributed by atoms with E-state index in [-0.39, 0.29) is 12.1 Å². The van der Waals surface area contributed by atoms with Gasteiger partial charge in [0.25, 0.3) is 0 Å². The average molecular weight is 212 g/mol. The van der Waals surface area contributed by atoms with Crippen LogP contribution in [0.1, 0.15) is 32.6 Å². The van der Waals surface area contributed by atoms with Gasteiger partial charge in [0.1, 0.15) is 12.2 Å². The molecule has 0 aliphatic heterocycles. The molecule has 0 saturated carbocycles. The lowest BCUT2D eigenvalue weighted by atomic mass is 10.1. The molecule has 2 atom stereocenters. The smallest absolute Gasteiger partial charge is 0.138 e. The van der Waals surface area contributed by atoms with E-state index in [2.05, 4.69) is 23.9 Å². The van der Waals surface area contributed by atoms with E-state index < -0.39 is 0 Å². The minimum absolute atomic E-state index is 0.0299. The Kier molecular flexibility index (Phi) is 4.23. The Bertz CT molecular complexity index is 297. The van der Waals surface area contributed by atoms with Crippen molar-refractivity contribution in [2.24, 2.45) is 5.73 Å². The third-order valence-electron chi connectivity index (χ3n) is 2.53. The molecule has 1 aromatic rings. The molecule has 0 bridgehead atoms. The van der Waals surface area contributed by atoms with Crippen LogP contribution in [0.25, 0.3) is 0 Å². The van der Waals surface area contributed by atoms with Crippen LogP contribution in [0.15, 0.2) is 6.33 Å². The summed E-state index contributed by atoms with van der Waals surface area (Å²) in [6.45, 7) is 6.10. The lowest BCUT2D eigenvalue weighted by molar-refractivity contribution is 0.0945. The average Bonchev–Trinajstić information content (AvgIpc) is 2.64. The van der Waals surface area contributed by atoms with Crippen LogP contribution in [0.3, 0.4) is 0 Å². The second-order valence-electron chi connectivity index (χ2n) is 4.02. The number of rotatable bonds is 5. The fourth-order valence-corrected chi connectivity index (χ4v) is 1.40. The lowest BCUT2D eigenvalue weighted by Crippen LogP contribution is -2.36. The maximum absolute atomic E-state index is 5.98. The van der Waals surface area contributed by atoms with Gasteiger partial charge in [-0.25, -0.2) is 9.67 Å². The van der Waals surface area contributed by atoms with Gasteiger partial charge in [0.05, 0.1) is 6.10 Å². The first-order valence-electron chi connectivity index (χ1n) is 5.23. The van der Waals surface area contributed by atoms with E-state index >= 15 is 0 Å². The van der Waals surface area contributed by atoms with Crippen LogP contribution in [0.5, 0.6) is 0 Å². The van der Waals surface area contributed by atoms with E-state index in [4.69, 9.17) is 10.5 Å². The highest BCUT2D eigenvalue weighted by Crippen LogP contribution is 2.08. The first-order valence-corrected chi connectivity index (χ1v) is 5.23. The summed E-state index contributed by atoms with van der Waals surface area (Å²) in [7, 11) is 1.66. The third-order valence-corrected chi connectivity index (χ3v) is 2.53. The van der Waals surface area contributed by atoms with Crippen molar-refractivity contribution in [2.75, 3.05) is 7.11 Å². The SMILES string of the molecule is COC(C)C(N)Cc1ncnn1C(C)C. The maximum Gasteiger partial charge on any atom is 0.138 e. The summed E-state index contributed by atoms with van der Waals surface area (Å²) in [6, 6.07) is 0.268. The molecule has 2 N–H and O–H groups in total. The van der Waals surface area contributed by atoms with Crippen LogP contribution < -0.4 is 5.73 Å². The highest BCUT2D eigenvalue weighted by atomic mass is 16.5. The molecule has 86 valence electrons. The number of hydrogen-bond donors (Lipinski definition) is 1. The van der Waals surface area contributed by atoms with Crippen molar-refractivity contribution in [3.8, 4) is 0 Å². The number of ether oxygens (including phenoxy) is 1. The fraction of sp³-hybridized carbons (Fsp3) is 0.800. The molecule has 0 fully saturated rings. The Morgan fingerprint density at radius 1 is 1.47 bits per heavy atom. The van der Waals surface area contributed by atoms with Crippen molar-refractivity contribution in [3.05, 3.63) is 12.2 Å². The normalized spacial score (nSPS) is 15.6. The van der Waals surface area contributed by atoms with Crippen LogP contribution in [0.4, 0.5) is 0 Å². The van der Waals surface area contributed by atoms with E-state index in [9.17, 15) is 0 Å². The summed E-state index contributed by atoms with van der Waals surface area (Å²) in [4.78, 5) is 4.21. The fourth-order valence-electron chi connectivity index (χ4n) is 1.40. The molecular formula is C10H20N4O. The van der Waals surface area contributed by atoms with E-state index in [0.717, 1.165) is 5.82 Å². The van der Waals surface area contributed by atoms with Crippen LogP contribution in [0, 0.1) is 0 Å². The monoisotopic (exact) mass is 212 g/mol. The molecule has 5 nitrogen and oxygen atoms in total. The van der Waals surface area contributed by atoms with Crippen molar-refractivity contribution in [1.82, 2.24) is 14.8 Å². The van der Waals surface area contributed by atoms with E-state index in [0.29, 0.717) is 12.5 Å². The lowest BCUT2D eigenvalue weighted by Gasteiger charge is -2.18. The number of hydrogen-bond acceptors (Lipinski definition) is 4. The minimum Gasteiger partial charge on any atom is -0.380 e. The summed E-state index contributed by atoms with van der Waals surface area (Å²) < 4.78 is 7.07. The molecule has 0 aliphatic rings. The summed E-state index contributed by atoms with van der Waals surface area (Å²) >= 11 is 0. The molecule has 0 aromatic carbocycles. The molecule has 1 rings (SSSR count). The molecule has 0 spiro atoms. The Balaban J connectivity index is 2.67. The molecule has 0 saturated heterocycles. The predicted octanol–water partition coefficient (Wildman–Crippen LogP) is 0.764. The predicted molar refractivity (Wildman–Crippen MR) is 58.6 cm³/mol. The molecule has 5 heteroatoms. The van der Waals surface area contributed by atoms with Crippen LogP contribution in [-0.2, 0) is 11.2 Å². The summed E-state index contributed by atoms with van der Waals surface area (Å²) in [5, 5.41) is 4.16. The molecule has 1 heterocycles. The summed E-state index contributed by atoms with van der Waals surface area (Å²) in [5.41, 5.74) is 5.98. The zero-order chi connectivity index (χ0) is 11.4. The second kappa shape index (κ2) is 5.23. The Labute approximate surface area is 90.6 Å². The summed E-state index contributed by atoms with van der Waals surface area (Å²) in [6.07, 6.45) is 2.29. The second-order valence-corrected chi connectivity index (χ2v) is 4.02. The van der Waals surface area contributed by atoms with Crippen LogP contribution in [0.2, 0.25) is 0 Å². The van der Waals surface area contributed by atoms with Gasteiger partial charge in [0.2, 0.25) is 0 Å². The molecular weight excluding hydrogens is 192 g/mol. The van der Waals surface area contributed by atoms with E-state index in [1.165, 1.54) is 0 Å². The minimum atomic E-state index is -0.0447. The van der Waals surface area contributed by atoms with Crippen LogP contribution >= 0.6 is 0 Å². The van der Waals surface area contributed by atoms with Crippen molar-refractivity contribution in [3.63, 3.8) is 0 Å². The molecule has 0 amide bonds. The van der Waals surface area contributed by atoms with Crippen molar-refractivity contribution in [1.29, 1.82) is 0 Å². The first-order chi connectivity index (χ1) is 7.06. The van der Waals surface area contributed by atoms with Crippen LogP contribution in [-0.4, -0.2) is 34.0 Å². The van der Waals surface area contributed by atoms with Crippen molar-refractivity contribution < 1.29 is 4.74 Å². The highest BCUT2D eigenvalue weighted by Gasteiger charge is 2.16. The zero-order valence-electron chi connectivity index (χ0n) is 9.84. The number of aromatic nitrogens is 3. The highest BCUT2D eigenvalue weighted by molar-refractivity contribution is 4.92. The molecule has 2 unspecified atom stereocenters. The zero-order valence-corrected chi connectivity index (χ0v) is 9.84. The Morgan fingerprint density at radius 2 is 2.13 bits per heavy atom. The molecule has 15 heavy (non-hydrogen) atoms. The van der Waals surface area contributed by atoms with Crippen molar-refractivity contribution >= 4 is 0 Å². The first kappa shape index (κ1) is 12.1. The topological polar surface area (TPSA) is 66.0 Å². The largest absolute Gasteiger partial charge is 0.380 e. The van der Waals surface area contributed by atoms with Gasteiger partial charge in [-0.2, -0.15) is 5.10 Å². The van der Waals surface area contributed by atoms with E-state index in [1.54, 1.807) is 13.4 Å². The third kappa shape index (κ3) is 3.00. The van der Waals surface area contributed by atoms with Gasteiger partial charge in [-0.1, -0.05) is 0 Å². The maximum atomic E-state index is 5.98. The van der Waals surface area contributed by atoms with Gasteiger partial charge in [0.15, 0.2) is 0 Å². The van der Waals surface area contributed by atoms with Gasteiger partial charge in [-0.3, -0.25) is 0 Å². The quantitative estimate of drug-likeness (QED) is 0.782. The van der Waals surface area contributed by atoms with Gasteiger partial charge < -0.3 is 10.5 Å². The number of nitrogens with two attached hydrogens (primary N) is 1. The van der Waals surface area contributed by atoms with Gasteiger partial charge in [0, 0.05) is 25.6 Å². The molecule has 0 radical (unpaired) electrons. The van der Waals surface area contributed by atoms with Gasteiger partial charge in [-0.15, -0.1) is 0 Å². The van der Waals surface area contributed by atoms with E-state index in [1.807, 2.05) is 11.6 Å². The Hall–Kier alpha value is -0.940. The number of nitrogens with zero attached hydrogens (tertiary/aromatic N) is 3. The number of methoxy groups -OCH3 is 1. The van der Waals surface area contributed by atoms with Gasteiger partial charge in [-0.05, 0) is 20.8 Å². The van der Waals surface area contributed by atoms with Gasteiger partial charge >= 0.3 is 0 Å². The molecule has 1 aromatic heterocycles. The van der Waals surface area contributed by atoms with Crippen molar-refractivity contribution in [2.45, 2.75) is 45.4 Å². The standard InChI is InChI=1S/C10H20N4O/c1-7(2)14-10(12-6-13-14)5-9(11)8(3)15-4/h6-9H,5,11H2,1-4H3. The summed E-state index contributed by atoms with van der Waals surface area (Å²) in [5.74, 6) is 0.918.